The number of nitrogens with two attached hydrogens (primary N) is 1. The van der Waals surface area contributed by atoms with Gasteiger partial charge in [0.1, 0.15) is 11.9 Å². The molecule has 2 aromatic rings. The van der Waals surface area contributed by atoms with E-state index in [0.29, 0.717) is 24.0 Å². The summed E-state index contributed by atoms with van der Waals surface area (Å²) in [4.78, 5) is 14.6. The maximum atomic E-state index is 13.6. The Morgan fingerprint density at radius 1 is 1.25 bits per heavy atom. The quantitative estimate of drug-likeness (QED) is 0.916. The first-order chi connectivity index (χ1) is 11.1. The predicted molar refractivity (Wildman–Crippen MR) is 93.8 cm³/mol. The molecule has 24 heavy (non-hydrogen) atoms. The Balaban J connectivity index is 0.00000208. The normalized spacial score (nSPS) is 15.9. The van der Waals surface area contributed by atoms with Gasteiger partial charge in [-0.3, -0.25) is 4.79 Å². The largest absolute Gasteiger partial charge is 0.328 e. The van der Waals surface area contributed by atoms with E-state index in [-0.39, 0.29) is 29.6 Å². The summed E-state index contributed by atoms with van der Waals surface area (Å²) < 4.78 is 15.1. The summed E-state index contributed by atoms with van der Waals surface area (Å²) in [5.41, 5.74) is 6.38. The molecule has 1 saturated heterocycles. The van der Waals surface area contributed by atoms with Gasteiger partial charge in [0, 0.05) is 30.6 Å². The van der Waals surface area contributed by atoms with Gasteiger partial charge in [-0.15, -0.1) is 12.4 Å². The molecule has 1 aromatic carbocycles. The van der Waals surface area contributed by atoms with Crippen molar-refractivity contribution in [1.29, 1.82) is 5.26 Å². The molecule has 2 heterocycles. The van der Waals surface area contributed by atoms with Gasteiger partial charge in [0.2, 0.25) is 0 Å². The van der Waals surface area contributed by atoms with Crippen molar-refractivity contribution in [2.24, 2.45) is 5.73 Å². The first kappa shape index (κ1) is 18.4. The topological polar surface area (TPSA) is 75.0 Å². The van der Waals surface area contributed by atoms with Gasteiger partial charge in [0.15, 0.2) is 0 Å². The first-order valence-electron chi connectivity index (χ1n) is 7.79. The van der Waals surface area contributed by atoms with Crippen LogP contribution in [0.5, 0.6) is 0 Å². The molecule has 2 N–H and O–H groups in total. The molecule has 0 unspecified atom stereocenters. The number of benzene rings is 1. The molecule has 0 atom stereocenters. The monoisotopic (exact) mass is 350 g/mol. The predicted octanol–water partition coefficient (Wildman–Crippen LogP) is 1.86. The summed E-state index contributed by atoms with van der Waals surface area (Å²) in [6.07, 6.45) is 1.91. The van der Waals surface area contributed by atoms with E-state index in [0.717, 1.165) is 25.9 Å². The number of nitrogens with zero attached hydrogens (tertiary/aromatic N) is 3. The number of aromatic nitrogens is 1. The van der Waals surface area contributed by atoms with Crippen LogP contribution < -0.4 is 11.3 Å². The van der Waals surface area contributed by atoms with Crippen molar-refractivity contribution in [2.75, 3.05) is 19.6 Å². The second kappa shape index (κ2) is 7.75. The highest BCUT2D eigenvalue weighted by Crippen LogP contribution is 2.18. The lowest BCUT2D eigenvalue weighted by molar-refractivity contribution is 0.206. The van der Waals surface area contributed by atoms with Crippen LogP contribution in [-0.2, 0) is 6.54 Å². The van der Waals surface area contributed by atoms with Gasteiger partial charge in [-0.25, -0.2) is 4.39 Å². The smallest absolute Gasteiger partial charge is 0.252 e. The highest BCUT2D eigenvalue weighted by atomic mass is 35.5. The lowest BCUT2D eigenvalue weighted by Crippen LogP contribution is -2.41. The molecule has 7 heteroatoms. The van der Waals surface area contributed by atoms with Crippen molar-refractivity contribution in [3.8, 4) is 6.07 Å². The van der Waals surface area contributed by atoms with Crippen molar-refractivity contribution in [3.63, 3.8) is 0 Å². The van der Waals surface area contributed by atoms with Gasteiger partial charge in [-0.2, -0.15) is 5.26 Å². The zero-order valence-electron chi connectivity index (χ0n) is 13.2. The van der Waals surface area contributed by atoms with Crippen LogP contribution in [0.1, 0.15) is 18.4 Å². The molecule has 1 aliphatic rings. The second-order valence-corrected chi connectivity index (χ2v) is 6.00. The van der Waals surface area contributed by atoms with Gasteiger partial charge >= 0.3 is 0 Å². The summed E-state index contributed by atoms with van der Waals surface area (Å²) in [6.45, 7) is 3.01. The van der Waals surface area contributed by atoms with E-state index in [4.69, 9.17) is 11.0 Å². The maximum absolute atomic E-state index is 13.6. The molecular weight excluding hydrogens is 331 g/mol. The number of fused-ring (bicyclic) bond motifs is 1. The van der Waals surface area contributed by atoms with Crippen LogP contribution in [0, 0.1) is 17.1 Å². The van der Waals surface area contributed by atoms with Crippen LogP contribution in [0.3, 0.4) is 0 Å². The van der Waals surface area contributed by atoms with Gasteiger partial charge in [0.25, 0.3) is 5.56 Å². The van der Waals surface area contributed by atoms with E-state index in [1.54, 1.807) is 10.6 Å². The zero-order chi connectivity index (χ0) is 16.4. The number of likely N-dealkylation sites (tertiary alicyclic amines) is 1. The van der Waals surface area contributed by atoms with Crippen LogP contribution >= 0.6 is 12.4 Å². The molecule has 1 aliphatic heterocycles. The summed E-state index contributed by atoms with van der Waals surface area (Å²) in [5, 5.41) is 9.77. The fourth-order valence-electron chi connectivity index (χ4n) is 3.09. The number of pyridine rings is 1. The molecule has 128 valence electrons. The van der Waals surface area contributed by atoms with Gasteiger partial charge in [-0.1, -0.05) is 0 Å². The third-order valence-corrected chi connectivity index (χ3v) is 4.47. The molecule has 3 rings (SSSR count). The second-order valence-electron chi connectivity index (χ2n) is 6.00. The minimum Gasteiger partial charge on any atom is -0.328 e. The standard InChI is InChI=1S/C17H19FN4O.ClH/c18-13-1-2-15-12(11-19)9-17(23)22(16(15)10-13)8-7-21-5-3-14(20)4-6-21;/h1-2,9-10,14H,3-8,20H2;1H. The van der Waals surface area contributed by atoms with Crippen molar-refractivity contribution in [3.05, 3.63) is 46.0 Å². The van der Waals surface area contributed by atoms with Crippen LogP contribution in [0.2, 0.25) is 0 Å². The molecule has 1 aromatic heterocycles. The number of hydrogen-bond donors (Lipinski definition) is 1. The van der Waals surface area contributed by atoms with E-state index in [2.05, 4.69) is 4.90 Å². The molecular formula is C17H20ClFN4O. The van der Waals surface area contributed by atoms with E-state index in [9.17, 15) is 9.18 Å². The number of hydrogen-bond acceptors (Lipinski definition) is 4. The average Bonchev–Trinajstić information content (AvgIpc) is 2.55. The molecule has 0 amide bonds. The van der Waals surface area contributed by atoms with E-state index < -0.39 is 5.82 Å². The number of nitriles is 1. The Morgan fingerprint density at radius 3 is 2.62 bits per heavy atom. The van der Waals surface area contributed by atoms with Gasteiger partial charge < -0.3 is 15.2 Å². The Hall–Kier alpha value is -1.94. The maximum Gasteiger partial charge on any atom is 0.252 e. The van der Waals surface area contributed by atoms with E-state index in [1.807, 2.05) is 6.07 Å². The number of piperidine rings is 1. The van der Waals surface area contributed by atoms with E-state index >= 15 is 0 Å². The van der Waals surface area contributed by atoms with Crippen molar-refractivity contribution < 1.29 is 4.39 Å². The van der Waals surface area contributed by atoms with Crippen LogP contribution in [0.15, 0.2) is 29.1 Å². The SMILES string of the molecule is Cl.N#Cc1cc(=O)n(CCN2CCC(N)CC2)c2cc(F)ccc12. The van der Waals surface area contributed by atoms with Crippen molar-refractivity contribution >= 4 is 23.3 Å². The highest BCUT2D eigenvalue weighted by molar-refractivity contribution is 5.85. The van der Waals surface area contributed by atoms with Crippen LogP contribution in [-0.4, -0.2) is 35.1 Å². The Bertz CT molecular complexity index is 822. The zero-order valence-corrected chi connectivity index (χ0v) is 14.1. The number of halogens is 2. The Labute approximate surface area is 145 Å². The molecule has 0 spiro atoms. The molecule has 0 bridgehead atoms. The fraction of sp³-hybridized carbons (Fsp3) is 0.412. The fourth-order valence-corrected chi connectivity index (χ4v) is 3.09. The summed E-state index contributed by atoms with van der Waals surface area (Å²) in [6, 6.07) is 7.78. The minimum atomic E-state index is -0.412. The van der Waals surface area contributed by atoms with Crippen molar-refractivity contribution in [2.45, 2.75) is 25.4 Å². The Morgan fingerprint density at radius 2 is 1.96 bits per heavy atom. The molecule has 0 radical (unpaired) electrons. The highest BCUT2D eigenvalue weighted by Gasteiger charge is 2.16. The summed E-state index contributed by atoms with van der Waals surface area (Å²) in [7, 11) is 0. The minimum absolute atomic E-state index is 0. The molecule has 1 fully saturated rings. The lowest BCUT2D eigenvalue weighted by atomic mass is 10.1. The molecule has 5 nitrogen and oxygen atoms in total. The Kier molecular flexibility index (Phi) is 5.94. The van der Waals surface area contributed by atoms with E-state index in [1.165, 1.54) is 18.2 Å². The summed E-state index contributed by atoms with van der Waals surface area (Å²) >= 11 is 0. The number of rotatable bonds is 3. The third-order valence-electron chi connectivity index (χ3n) is 4.47. The van der Waals surface area contributed by atoms with Crippen LogP contribution in [0.25, 0.3) is 10.9 Å². The van der Waals surface area contributed by atoms with Gasteiger partial charge in [0.05, 0.1) is 11.1 Å². The first-order valence-corrected chi connectivity index (χ1v) is 7.79. The third kappa shape index (κ3) is 3.75. The van der Waals surface area contributed by atoms with Crippen LogP contribution in [0.4, 0.5) is 4.39 Å². The average molecular weight is 351 g/mol. The molecule has 0 saturated carbocycles. The lowest BCUT2D eigenvalue weighted by Gasteiger charge is -2.30. The molecule has 0 aliphatic carbocycles. The van der Waals surface area contributed by atoms with Crippen molar-refractivity contribution in [1.82, 2.24) is 9.47 Å². The van der Waals surface area contributed by atoms with Gasteiger partial charge in [-0.05, 0) is 44.1 Å². The summed E-state index contributed by atoms with van der Waals surface area (Å²) in [5.74, 6) is -0.412.